The summed E-state index contributed by atoms with van der Waals surface area (Å²) in [4.78, 5) is 12.1. The molecule has 0 aromatic heterocycles. The molecular formula is C30H45NO2. The summed E-state index contributed by atoms with van der Waals surface area (Å²) in [5.74, 6) is 1.46. The van der Waals surface area contributed by atoms with Gasteiger partial charge >= 0.3 is 6.09 Å². The van der Waals surface area contributed by atoms with Crippen molar-refractivity contribution in [1.29, 1.82) is 0 Å². The average molecular weight is 452 g/mol. The highest BCUT2D eigenvalue weighted by Crippen LogP contribution is 2.61. The lowest BCUT2D eigenvalue weighted by molar-refractivity contribution is -0.0539. The summed E-state index contributed by atoms with van der Waals surface area (Å²) in [6, 6.07) is 9.42. The lowest BCUT2D eigenvalue weighted by Crippen LogP contribution is -2.49. The zero-order valence-electron chi connectivity index (χ0n) is 21.6. The third kappa shape index (κ3) is 6.52. The van der Waals surface area contributed by atoms with Gasteiger partial charge in [0.1, 0.15) is 6.10 Å². The van der Waals surface area contributed by atoms with Crippen LogP contribution in [0.5, 0.6) is 0 Å². The number of para-hydroxylation sites is 1. The van der Waals surface area contributed by atoms with Gasteiger partial charge in [-0.25, -0.2) is 4.79 Å². The zero-order chi connectivity index (χ0) is 24.1. The van der Waals surface area contributed by atoms with Gasteiger partial charge in [-0.05, 0) is 100 Å². The molecule has 2 saturated carbocycles. The maximum Gasteiger partial charge on any atom is 0.411 e. The predicted molar refractivity (Wildman–Crippen MR) is 139 cm³/mol. The third-order valence-electron chi connectivity index (χ3n) is 8.54. The van der Waals surface area contributed by atoms with Gasteiger partial charge in [0.15, 0.2) is 0 Å². The van der Waals surface area contributed by atoms with Crippen molar-refractivity contribution in [2.45, 2.75) is 98.5 Å². The highest BCUT2D eigenvalue weighted by Gasteiger charge is 2.52. The number of benzene rings is 1. The Balaban J connectivity index is 1.45. The fraction of sp³-hybridized carbons (Fsp3) is 0.633. The van der Waals surface area contributed by atoms with Crippen LogP contribution >= 0.6 is 0 Å². The Morgan fingerprint density at radius 2 is 1.97 bits per heavy atom. The first-order chi connectivity index (χ1) is 15.6. The first kappa shape index (κ1) is 25.6. The SMILES string of the molecule is C=C1CC[C@@H]2C(C)(C)CCC[C@]2(C)[C@@H]1CC/C(C)=C/CC[C@@H](C)OC(=O)Nc1ccccc1. The van der Waals surface area contributed by atoms with Crippen LogP contribution in [0.2, 0.25) is 0 Å². The summed E-state index contributed by atoms with van der Waals surface area (Å²) < 4.78 is 5.51. The minimum Gasteiger partial charge on any atom is -0.446 e. The minimum absolute atomic E-state index is 0.111. The molecule has 2 aliphatic carbocycles. The van der Waals surface area contributed by atoms with Gasteiger partial charge in [-0.1, -0.05) is 69.2 Å². The number of carbonyl (C=O) groups excluding carboxylic acids is 1. The van der Waals surface area contributed by atoms with E-state index in [1.54, 1.807) is 0 Å². The Hall–Kier alpha value is -2.03. The van der Waals surface area contributed by atoms with Gasteiger partial charge in [-0.3, -0.25) is 5.32 Å². The molecule has 2 aliphatic rings. The summed E-state index contributed by atoms with van der Waals surface area (Å²) in [6.45, 7) is 16.3. The van der Waals surface area contributed by atoms with Gasteiger partial charge in [-0.2, -0.15) is 0 Å². The fourth-order valence-electron chi connectivity index (χ4n) is 6.76. The van der Waals surface area contributed by atoms with Crippen LogP contribution in [0.3, 0.4) is 0 Å². The molecule has 33 heavy (non-hydrogen) atoms. The summed E-state index contributed by atoms with van der Waals surface area (Å²) in [5, 5.41) is 2.78. The van der Waals surface area contributed by atoms with E-state index in [9.17, 15) is 4.79 Å². The Morgan fingerprint density at radius 3 is 2.70 bits per heavy atom. The standard InChI is InChI=1S/C30H45NO2/c1-22(12-10-13-24(3)33-28(32)31-25-14-8-7-9-15-25)16-18-26-23(2)17-19-27-29(4,5)20-11-21-30(26,27)6/h7-9,12,14-15,24,26-27H,2,10-11,13,16-21H2,1,3-6H3,(H,31,32)/b22-12+/t24-,26-,27-,30-/m1/s1. The van der Waals surface area contributed by atoms with Crippen LogP contribution in [-0.2, 0) is 4.74 Å². The molecule has 4 atom stereocenters. The number of rotatable bonds is 8. The molecule has 0 saturated heterocycles. The van der Waals surface area contributed by atoms with Gasteiger partial charge < -0.3 is 4.74 Å². The molecule has 0 aliphatic heterocycles. The molecule has 1 aromatic carbocycles. The molecule has 182 valence electrons. The largest absolute Gasteiger partial charge is 0.446 e. The van der Waals surface area contributed by atoms with E-state index in [4.69, 9.17) is 4.74 Å². The topological polar surface area (TPSA) is 38.3 Å². The number of anilines is 1. The van der Waals surface area contributed by atoms with Crippen LogP contribution in [0.15, 0.2) is 54.1 Å². The quantitative estimate of drug-likeness (QED) is 0.401. The second-order valence-electron chi connectivity index (χ2n) is 11.5. The van der Waals surface area contributed by atoms with Crippen molar-refractivity contribution < 1.29 is 9.53 Å². The normalized spacial score (nSPS) is 28.0. The van der Waals surface area contributed by atoms with Crippen LogP contribution in [0, 0.1) is 22.7 Å². The molecule has 1 N–H and O–H groups in total. The van der Waals surface area contributed by atoms with Crippen LogP contribution in [0.25, 0.3) is 0 Å². The van der Waals surface area contributed by atoms with Gasteiger partial charge in [-0.15, -0.1) is 0 Å². The molecule has 0 unspecified atom stereocenters. The van der Waals surface area contributed by atoms with Gasteiger partial charge in [0.25, 0.3) is 0 Å². The molecule has 0 heterocycles. The number of amides is 1. The molecule has 3 heteroatoms. The van der Waals surface area contributed by atoms with Crippen LogP contribution < -0.4 is 5.32 Å². The minimum atomic E-state index is -0.386. The zero-order valence-corrected chi connectivity index (χ0v) is 21.6. The van der Waals surface area contributed by atoms with Crippen molar-refractivity contribution in [3.8, 4) is 0 Å². The summed E-state index contributed by atoms with van der Waals surface area (Å²) in [7, 11) is 0. The third-order valence-corrected chi connectivity index (χ3v) is 8.54. The summed E-state index contributed by atoms with van der Waals surface area (Å²) in [6.07, 6.45) is 12.6. The Morgan fingerprint density at radius 1 is 1.24 bits per heavy atom. The van der Waals surface area contributed by atoms with Crippen molar-refractivity contribution in [2.75, 3.05) is 5.32 Å². The van der Waals surface area contributed by atoms with Crippen molar-refractivity contribution in [1.82, 2.24) is 0 Å². The van der Waals surface area contributed by atoms with E-state index < -0.39 is 0 Å². The molecule has 1 aromatic rings. The van der Waals surface area contributed by atoms with E-state index in [2.05, 4.69) is 45.7 Å². The number of hydrogen-bond donors (Lipinski definition) is 1. The van der Waals surface area contributed by atoms with Crippen LogP contribution in [0.4, 0.5) is 10.5 Å². The Bertz CT molecular complexity index is 840. The van der Waals surface area contributed by atoms with Crippen molar-refractivity contribution in [2.24, 2.45) is 22.7 Å². The second kappa shape index (κ2) is 10.9. The number of ether oxygens (including phenoxy) is 1. The van der Waals surface area contributed by atoms with E-state index in [0.29, 0.717) is 16.7 Å². The number of hydrogen-bond acceptors (Lipinski definition) is 2. The highest BCUT2D eigenvalue weighted by molar-refractivity contribution is 5.84. The van der Waals surface area contributed by atoms with Gasteiger partial charge in [0.2, 0.25) is 0 Å². The maximum atomic E-state index is 12.1. The number of nitrogens with one attached hydrogen (secondary N) is 1. The lowest BCUT2D eigenvalue weighted by atomic mass is 9.47. The number of allylic oxidation sites excluding steroid dienone is 3. The lowest BCUT2D eigenvalue weighted by Gasteiger charge is -2.58. The van der Waals surface area contributed by atoms with Crippen molar-refractivity contribution >= 4 is 11.8 Å². The average Bonchev–Trinajstić information content (AvgIpc) is 2.73. The number of fused-ring (bicyclic) bond motifs is 1. The number of carbonyl (C=O) groups is 1. The molecule has 0 radical (unpaired) electrons. The summed E-state index contributed by atoms with van der Waals surface area (Å²) in [5.41, 5.74) is 4.56. The second-order valence-corrected chi connectivity index (χ2v) is 11.5. The highest BCUT2D eigenvalue weighted by atomic mass is 16.6. The van der Waals surface area contributed by atoms with Crippen molar-refractivity contribution in [3.05, 3.63) is 54.1 Å². The summed E-state index contributed by atoms with van der Waals surface area (Å²) >= 11 is 0. The first-order valence-electron chi connectivity index (χ1n) is 13.0. The molecular weight excluding hydrogens is 406 g/mol. The molecule has 3 nitrogen and oxygen atoms in total. The molecule has 1 amide bonds. The van der Waals surface area contributed by atoms with Gasteiger partial charge in [0, 0.05) is 5.69 Å². The Labute approximate surface area is 202 Å². The van der Waals surface area contributed by atoms with Crippen LogP contribution in [-0.4, -0.2) is 12.2 Å². The van der Waals surface area contributed by atoms with E-state index in [-0.39, 0.29) is 12.2 Å². The smallest absolute Gasteiger partial charge is 0.411 e. The Kier molecular flexibility index (Phi) is 8.48. The molecule has 0 spiro atoms. The molecule has 3 rings (SSSR count). The van der Waals surface area contributed by atoms with E-state index in [1.165, 1.54) is 49.7 Å². The maximum absolute atomic E-state index is 12.1. The van der Waals surface area contributed by atoms with Crippen molar-refractivity contribution in [3.63, 3.8) is 0 Å². The van der Waals surface area contributed by atoms with Gasteiger partial charge in [0.05, 0.1) is 0 Å². The van der Waals surface area contributed by atoms with E-state index >= 15 is 0 Å². The monoisotopic (exact) mass is 451 g/mol. The van der Waals surface area contributed by atoms with E-state index in [1.807, 2.05) is 37.3 Å². The van der Waals surface area contributed by atoms with E-state index in [0.717, 1.165) is 30.9 Å². The fourth-order valence-corrected chi connectivity index (χ4v) is 6.76. The first-order valence-corrected chi connectivity index (χ1v) is 13.0. The van der Waals surface area contributed by atoms with Crippen LogP contribution in [0.1, 0.15) is 92.4 Å². The molecule has 2 fully saturated rings. The molecule has 0 bridgehead atoms. The predicted octanol–water partition coefficient (Wildman–Crippen LogP) is 8.93.